The number of benzene rings is 1. The first-order valence-electron chi connectivity index (χ1n) is 9.14. The second kappa shape index (κ2) is 9.67. The molecule has 0 radical (unpaired) electrons. The fourth-order valence-corrected chi connectivity index (χ4v) is 3.09. The maximum absolute atomic E-state index is 12.8. The van der Waals surface area contributed by atoms with Crippen LogP contribution >= 0.6 is 0 Å². The number of ether oxygens (including phenoxy) is 3. The Morgan fingerprint density at radius 3 is 2.45 bits per heavy atom. The summed E-state index contributed by atoms with van der Waals surface area (Å²) >= 11 is 0. The summed E-state index contributed by atoms with van der Waals surface area (Å²) in [6.45, 7) is 5.31. The lowest BCUT2D eigenvalue weighted by Gasteiger charge is -2.31. The van der Waals surface area contributed by atoms with Crippen molar-refractivity contribution in [2.45, 2.75) is 26.7 Å². The van der Waals surface area contributed by atoms with Gasteiger partial charge in [-0.1, -0.05) is 12.1 Å². The molecule has 1 aromatic rings. The van der Waals surface area contributed by atoms with Crippen molar-refractivity contribution in [3.8, 4) is 0 Å². The van der Waals surface area contributed by atoms with Gasteiger partial charge < -0.3 is 19.9 Å². The van der Waals surface area contributed by atoms with E-state index in [9.17, 15) is 19.7 Å². The molecule has 0 aliphatic carbocycles. The molecule has 1 aromatic carbocycles. The van der Waals surface area contributed by atoms with Crippen molar-refractivity contribution in [2.75, 3.05) is 19.8 Å². The normalized spacial score (nSPS) is 18.7. The van der Waals surface area contributed by atoms with Crippen molar-refractivity contribution >= 4 is 23.5 Å². The number of rotatable bonds is 7. The Morgan fingerprint density at radius 2 is 1.86 bits per heavy atom. The molecule has 0 saturated carbocycles. The number of hydrogen-bond donors (Lipinski definition) is 1. The number of nitrogens with zero attached hydrogens (tertiary/aromatic N) is 2. The smallest absolute Gasteiger partial charge is 0.338 e. The second-order valence-electron chi connectivity index (χ2n) is 5.96. The van der Waals surface area contributed by atoms with Crippen LogP contribution in [0.2, 0.25) is 0 Å². The average molecular weight is 405 g/mol. The zero-order chi connectivity index (χ0) is 21.6. The van der Waals surface area contributed by atoms with E-state index in [0.29, 0.717) is 5.56 Å². The molecule has 0 bridgehead atoms. The molecule has 10 nitrogen and oxygen atoms in total. The Bertz CT molecular complexity index is 863. The molecule has 1 heterocycles. The van der Waals surface area contributed by atoms with E-state index in [2.05, 4.69) is 4.99 Å². The fourth-order valence-electron chi connectivity index (χ4n) is 3.09. The molecule has 156 valence electrons. The Kier molecular flexibility index (Phi) is 7.29. The van der Waals surface area contributed by atoms with Crippen LogP contribution in [-0.4, -0.2) is 42.6 Å². The fraction of sp³-hybridized carbons (Fsp3) is 0.421. The largest absolute Gasteiger partial charge is 0.480 e. The van der Waals surface area contributed by atoms with Gasteiger partial charge in [-0.2, -0.15) is 4.99 Å². The zero-order valence-corrected chi connectivity index (χ0v) is 16.4. The Hall–Kier alpha value is -3.43. The highest BCUT2D eigenvalue weighted by Crippen LogP contribution is 2.40. The van der Waals surface area contributed by atoms with Crippen LogP contribution in [0.3, 0.4) is 0 Å². The SMILES string of the molecule is CCOC(=O)C1=C(N)N=C(OCC)C(C(=O)OCC)C1c1cccc([N+](=O)[O-])c1. The van der Waals surface area contributed by atoms with E-state index in [0.717, 1.165) is 0 Å². The molecular formula is C19H23N3O7. The third kappa shape index (κ3) is 4.71. The van der Waals surface area contributed by atoms with Gasteiger partial charge in [0.25, 0.3) is 5.69 Å². The molecule has 1 aliphatic rings. The summed E-state index contributed by atoms with van der Waals surface area (Å²) in [4.78, 5) is 40.2. The van der Waals surface area contributed by atoms with Gasteiger partial charge in [-0.15, -0.1) is 0 Å². The highest BCUT2D eigenvalue weighted by Gasteiger charge is 2.45. The minimum Gasteiger partial charge on any atom is -0.480 e. The van der Waals surface area contributed by atoms with Crippen molar-refractivity contribution < 1.29 is 28.7 Å². The highest BCUT2D eigenvalue weighted by molar-refractivity contribution is 6.04. The van der Waals surface area contributed by atoms with Crippen LogP contribution in [-0.2, 0) is 23.8 Å². The predicted molar refractivity (Wildman–Crippen MR) is 103 cm³/mol. The zero-order valence-electron chi connectivity index (χ0n) is 16.4. The predicted octanol–water partition coefficient (Wildman–Crippen LogP) is 2.04. The van der Waals surface area contributed by atoms with Crippen LogP contribution < -0.4 is 5.73 Å². The Labute approximate surface area is 167 Å². The van der Waals surface area contributed by atoms with Crippen molar-refractivity contribution in [2.24, 2.45) is 16.6 Å². The molecule has 0 amide bonds. The maximum Gasteiger partial charge on any atom is 0.338 e. The number of carbonyl (C=O) groups excluding carboxylic acids is 2. The van der Waals surface area contributed by atoms with Gasteiger partial charge in [0, 0.05) is 18.1 Å². The standard InChI is InChI=1S/C19H23N3O7/c1-4-27-17-15(19(24)29-6-3)13(11-8-7-9-12(10-11)22(25)26)14(16(20)21-17)18(23)28-5-2/h7-10,13,15H,4-6,20H2,1-3H3. The van der Waals surface area contributed by atoms with Gasteiger partial charge in [-0.3, -0.25) is 14.9 Å². The third-order valence-corrected chi connectivity index (χ3v) is 4.19. The highest BCUT2D eigenvalue weighted by atomic mass is 16.6. The molecule has 1 aliphatic heterocycles. The van der Waals surface area contributed by atoms with E-state index in [1.165, 1.54) is 18.2 Å². The van der Waals surface area contributed by atoms with Crippen LogP contribution in [0.5, 0.6) is 0 Å². The van der Waals surface area contributed by atoms with Crippen LogP contribution in [0.1, 0.15) is 32.3 Å². The minimum atomic E-state index is -1.15. The molecule has 2 unspecified atom stereocenters. The second-order valence-corrected chi connectivity index (χ2v) is 5.96. The first kappa shape index (κ1) is 21.9. The number of nitro benzene ring substituents is 1. The molecule has 2 N–H and O–H groups in total. The summed E-state index contributed by atoms with van der Waals surface area (Å²) in [5, 5.41) is 11.2. The minimum absolute atomic E-state index is 0.0204. The topological polar surface area (TPSA) is 143 Å². The lowest BCUT2D eigenvalue weighted by molar-refractivity contribution is -0.384. The number of hydrogen-bond acceptors (Lipinski definition) is 9. The third-order valence-electron chi connectivity index (χ3n) is 4.19. The van der Waals surface area contributed by atoms with E-state index >= 15 is 0 Å². The van der Waals surface area contributed by atoms with Gasteiger partial charge in [0.05, 0.1) is 30.3 Å². The number of nitro groups is 1. The summed E-state index contributed by atoms with van der Waals surface area (Å²) in [5.41, 5.74) is 6.06. The Morgan fingerprint density at radius 1 is 1.17 bits per heavy atom. The molecule has 0 fully saturated rings. The van der Waals surface area contributed by atoms with Gasteiger partial charge in [-0.25, -0.2) is 4.79 Å². The molecule has 0 aromatic heterocycles. The van der Waals surface area contributed by atoms with Crippen LogP contribution in [0.15, 0.2) is 40.7 Å². The number of esters is 2. The number of aliphatic imine (C=N–C) groups is 1. The summed E-state index contributed by atoms with van der Waals surface area (Å²) in [6, 6.07) is 5.60. The van der Waals surface area contributed by atoms with E-state index in [4.69, 9.17) is 19.9 Å². The van der Waals surface area contributed by atoms with Gasteiger partial charge in [-0.05, 0) is 26.3 Å². The summed E-state index contributed by atoms with van der Waals surface area (Å²) in [5.74, 6) is -3.83. The van der Waals surface area contributed by atoms with Gasteiger partial charge in [0.15, 0.2) is 0 Å². The summed E-state index contributed by atoms with van der Waals surface area (Å²) in [7, 11) is 0. The molecule has 0 spiro atoms. The average Bonchev–Trinajstić information content (AvgIpc) is 2.68. The van der Waals surface area contributed by atoms with E-state index < -0.39 is 28.7 Å². The van der Waals surface area contributed by atoms with Crippen molar-refractivity contribution in [3.63, 3.8) is 0 Å². The first-order valence-corrected chi connectivity index (χ1v) is 9.14. The van der Waals surface area contributed by atoms with E-state index in [1.807, 2.05) is 0 Å². The molecule has 10 heteroatoms. The van der Waals surface area contributed by atoms with Gasteiger partial charge >= 0.3 is 11.9 Å². The van der Waals surface area contributed by atoms with Crippen molar-refractivity contribution in [1.29, 1.82) is 0 Å². The maximum atomic E-state index is 12.8. The summed E-state index contributed by atoms with van der Waals surface area (Å²) < 4.78 is 15.8. The lowest BCUT2D eigenvalue weighted by atomic mass is 9.78. The number of carbonyl (C=O) groups is 2. The molecule has 2 rings (SSSR count). The van der Waals surface area contributed by atoms with Crippen LogP contribution in [0.25, 0.3) is 0 Å². The molecule has 2 atom stereocenters. The van der Waals surface area contributed by atoms with Crippen LogP contribution in [0.4, 0.5) is 5.69 Å². The molecule has 29 heavy (non-hydrogen) atoms. The van der Waals surface area contributed by atoms with Crippen molar-refractivity contribution in [3.05, 3.63) is 51.3 Å². The number of nitrogens with two attached hydrogens (primary N) is 1. The van der Waals surface area contributed by atoms with Gasteiger partial charge in [0.1, 0.15) is 11.7 Å². The van der Waals surface area contributed by atoms with Gasteiger partial charge in [0.2, 0.25) is 5.90 Å². The van der Waals surface area contributed by atoms with E-state index in [1.54, 1.807) is 26.8 Å². The van der Waals surface area contributed by atoms with Crippen LogP contribution in [0, 0.1) is 16.0 Å². The number of non-ortho nitro benzene ring substituents is 1. The lowest BCUT2D eigenvalue weighted by Crippen LogP contribution is -2.40. The first-order chi connectivity index (χ1) is 13.8. The quantitative estimate of drug-likeness (QED) is 0.412. The summed E-state index contributed by atoms with van der Waals surface area (Å²) in [6.07, 6.45) is 0. The molecule has 0 saturated heterocycles. The van der Waals surface area contributed by atoms with E-state index in [-0.39, 0.29) is 42.8 Å². The molecular weight excluding hydrogens is 382 g/mol. The Balaban J connectivity index is 2.72. The van der Waals surface area contributed by atoms with Crippen molar-refractivity contribution in [1.82, 2.24) is 0 Å². The monoisotopic (exact) mass is 405 g/mol.